The summed E-state index contributed by atoms with van der Waals surface area (Å²) in [7, 11) is 0. The summed E-state index contributed by atoms with van der Waals surface area (Å²) in [5.74, 6) is 1.03. The minimum atomic E-state index is -0.253. The van der Waals surface area contributed by atoms with Crippen molar-refractivity contribution < 1.29 is 23.8 Å². The van der Waals surface area contributed by atoms with Crippen LogP contribution in [0.15, 0.2) is 79.0 Å². The second-order valence-corrected chi connectivity index (χ2v) is 10.6. The van der Waals surface area contributed by atoms with Crippen molar-refractivity contribution in [3.8, 4) is 5.75 Å². The summed E-state index contributed by atoms with van der Waals surface area (Å²) in [6.07, 6.45) is 3.66. The number of hydrogen-bond acceptors (Lipinski definition) is 5. The van der Waals surface area contributed by atoms with Gasteiger partial charge in [0.25, 0.3) is 0 Å². The molecule has 0 unspecified atom stereocenters. The van der Waals surface area contributed by atoms with Gasteiger partial charge in [0.15, 0.2) is 5.78 Å². The van der Waals surface area contributed by atoms with Gasteiger partial charge in [-0.05, 0) is 74.1 Å². The molecule has 0 spiro atoms. The van der Waals surface area contributed by atoms with Gasteiger partial charge in [0.2, 0.25) is 0 Å². The van der Waals surface area contributed by atoms with Crippen LogP contribution in [0.1, 0.15) is 73.7 Å². The van der Waals surface area contributed by atoms with E-state index >= 15 is 0 Å². The highest BCUT2D eigenvalue weighted by Crippen LogP contribution is 2.27. The van der Waals surface area contributed by atoms with Crippen molar-refractivity contribution in [1.82, 2.24) is 4.57 Å². The molecule has 0 amide bonds. The second kappa shape index (κ2) is 14.6. The van der Waals surface area contributed by atoms with Gasteiger partial charge in [0.05, 0.1) is 13.2 Å². The summed E-state index contributed by atoms with van der Waals surface area (Å²) in [6, 6.07) is 23.7. The molecule has 1 heterocycles. The van der Waals surface area contributed by atoms with Gasteiger partial charge in [-0.1, -0.05) is 56.3 Å². The predicted octanol–water partition coefficient (Wildman–Crippen LogP) is 7.57. The van der Waals surface area contributed by atoms with Crippen LogP contribution in [-0.4, -0.2) is 36.1 Å². The number of esters is 1. The fraction of sp³-hybridized carbons (Fsp3) is 0.371. The molecule has 6 nitrogen and oxygen atoms in total. The van der Waals surface area contributed by atoms with Crippen LogP contribution in [0.3, 0.4) is 0 Å². The zero-order valence-corrected chi connectivity index (χ0v) is 24.6. The summed E-state index contributed by atoms with van der Waals surface area (Å²) < 4.78 is 19.2. The number of carbonyl (C=O) groups excluding carboxylic acids is 2. The molecule has 0 radical (unpaired) electrons. The van der Waals surface area contributed by atoms with Gasteiger partial charge in [-0.2, -0.15) is 0 Å². The number of benzene rings is 3. The van der Waals surface area contributed by atoms with E-state index in [1.807, 2.05) is 66.2 Å². The number of rotatable bonds is 15. The summed E-state index contributed by atoms with van der Waals surface area (Å²) in [5.41, 5.74) is 4.56. The van der Waals surface area contributed by atoms with E-state index in [0.29, 0.717) is 62.0 Å². The van der Waals surface area contributed by atoms with Gasteiger partial charge in [0.1, 0.15) is 11.9 Å². The highest BCUT2D eigenvalue weighted by Gasteiger charge is 2.18. The molecule has 4 aromatic rings. The van der Waals surface area contributed by atoms with Crippen LogP contribution in [0.25, 0.3) is 10.9 Å². The first kappa shape index (κ1) is 30.1. The standard InChI is InChI=1S/C35H41NO5/c1-5-39-24-33(27-15-13-26(14-16-27)22-25(3)4)41-29-19-17-28(18-20-29)35(38)31-23-36(21-9-12-34(37)40-6-2)32-11-8-7-10-30(31)32/h7-8,10-11,13-20,23,25,33H,5-6,9,12,21-22,24H2,1-4H3/t33-/m0/s1. The van der Waals surface area contributed by atoms with Crippen molar-refractivity contribution in [2.45, 2.75) is 59.6 Å². The largest absolute Gasteiger partial charge is 0.483 e. The van der Waals surface area contributed by atoms with Gasteiger partial charge in [-0.25, -0.2) is 0 Å². The number of aryl methyl sites for hydroxylation is 1. The summed E-state index contributed by atoms with van der Waals surface area (Å²) in [4.78, 5) is 25.4. The van der Waals surface area contributed by atoms with Crippen molar-refractivity contribution in [2.75, 3.05) is 19.8 Å². The topological polar surface area (TPSA) is 66.8 Å². The maximum Gasteiger partial charge on any atom is 0.305 e. The zero-order valence-electron chi connectivity index (χ0n) is 24.6. The fourth-order valence-corrected chi connectivity index (χ4v) is 5.01. The molecular formula is C35H41NO5. The van der Waals surface area contributed by atoms with E-state index in [0.717, 1.165) is 22.9 Å². The summed E-state index contributed by atoms with van der Waals surface area (Å²) >= 11 is 0. The highest BCUT2D eigenvalue weighted by molar-refractivity contribution is 6.16. The Balaban J connectivity index is 1.48. The van der Waals surface area contributed by atoms with E-state index in [1.165, 1.54) is 5.56 Å². The van der Waals surface area contributed by atoms with Crippen molar-refractivity contribution in [3.63, 3.8) is 0 Å². The van der Waals surface area contributed by atoms with E-state index in [1.54, 1.807) is 6.92 Å². The van der Waals surface area contributed by atoms with Crippen LogP contribution in [0.4, 0.5) is 0 Å². The number of nitrogens with zero attached hydrogens (tertiary/aromatic N) is 1. The quantitative estimate of drug-likeness (QED) is 0.112. The Morgan fingerprint density at radius 3 is 2.29 bits per heavy atom. The van der Waals surface area contributed by atoms with Crippen LogP contribution in [0.2, 0.25) is 0 Å². The van der Waals surface area contributed by atoms with Gasteiger partial charge >= 0.3 is 5.97 Å². The molecule has 41 heavy (non-hydrogen) atoms. The molecular weight excluding hydrogens is 514 g/mol. The maximum atomic E-state index is 13.6. The van der Waals surface area contributed by atoms with Crippen molar-refractivity contribution in [3.05, 3.63) is 101 Å². The number of hydrogen-bond donors (Lipinski definition) is 0. The molecule has 0 N–H and O–H groups in total. The van der Waals surface area contributed by atoms with Crippen LogP contribution >= 0.6 is 0 Å². The number of aromatic nitrogens is 1. The summed E-state index contributed by atoms with van der Waals surface area (Å²) in [5, 5.41) is 0.895. The lowest BCUT2D eigenvalue weighted by molar-refractivity contribution is -0.143. The molecule has 0 aliphatic rings. The average Bonchev–Trinajstić information content (AvgIpc) is 3.34. The van der Waals surface area contributed by atoms with E-state index in [9.17, 15) is 9.59 Å². The molecule has 0 bridgehead atoms. The van der Waals surface area contributed by atoms with Crippen molar-refractivity contribution in [1.29, 1.82) is 0 Å². The number of carbonyl (C=O) groups is 2. The molecule has 1 atom stereocenters. The molecule has 0 saturated heterocycles. The number of ether oxygens (including phenoxy) is 3. The monoisotopic (exact) mass is 555 g/mol. The number of ketones is 1. The van der Waals surface area contributed by atoms with Crippen molar-refractivity contribution >= 4 is 22.7 Å². The minimum absolute atomic E-state index is 0.0523. The Bertz CT molecular complexity index is 1420. The molecule has 3 aromatic carbocycles. The van der Waals surface area contributed by atoms with E-state index in [-0.39, 0.29) is 17.9 Å². The third kappa shape index (κ3) is 8.08. The molecule has 6 heteroatoms. The normalized spacial score (nSPS) is 12.0. The summed E-state index contributed by atoms with van der Waals surface area (Å²) in [6.45, 7) is 10.3. The van der Waals surface area contributed by atoms with Crippen molar-refractivity contribution in [2.24, 2.45) is 5.92 Å². The third-order valence-corrected chi connectivity index (χ3v) is 6.98. The van der Waals surface area contributed by atoms with E-state index in [2.05, 4.69) is 38.1 Å². The van der Waals surface area contributed by atoms with Gasteiger partial charge in [-0.15, -0.1) is 0 Å². The van der Waals surface area contributed by atoms with E-state index < -0.39 is 0 Å². The van der Waals surface area contributed by atoms with Gasteiger partial charge in [-0.3, -0.25) is 9.59 Å². The molecule has 216 valence electrons. The Kier molecular flexibility index (Phi) is 10.7. The average molecular weight is 556 g/mol. The fourth-order valence-electron chi connectivity index (χ4n) is 5.01. The second-order valence-electron chi connectivity index (χ2n) is 10.6. The SMILES string of the molecule is CCOC[C@H](Oc1ccc(C(=O)c2cn(CCCC(=O)OCC)c3ccccc23)cc1)c1ccc(CC(C)C)cc1. The third-order valence-electron chi connectivity index (χ3n) is 6.98. The maximum absolute atomic E-state index is 13.6. The first-order chi connectivity index (χ1) is 19.9. The van der Waals surface area contributed by atoms with Gasteiger partial charge < -0.3 is 18.8 Å². The molecule has 4 rings (SSSR count). The zero-order chi connectivity index (χ0) is 29.2. The van der Waals surface area contributed by atoms with E-state index in [4.69, 9.17) is 14.2 Å². The Morgan fingerprint density at radius 1 is 0.878 bits per heavy atom. The minimum Gasteiger partial charge on any atom is -0.483 e. The predicted molar refractivity (Wildman–Crippen MR) is 163 cm³/mol. The first-order valence-electron chi connectivity index (χ1n) is 14.6. The Hall–Kier alpha value is -3.90. The van der Waals surface area contributed by atoms with Crippen LogP contribution in [0.5, 0.6) is 5.75 Å². The number of para-hydroxylation sites is 1. The highest BCUT2D eigenvalue weighted by atomic mass is 16.5. The first-order valence-corrected chi connectivity index (χ1v) is 14.6. The smallest absolute Gasteiger partial charge is 0.305 e. The Morgan fingerprint density at radius 2 is 1.61 bits per heavy atom. The molecule has 0 aliphatic heterocycles. The lowest BCUT2D eigenvalue weighted by atomic mass is 10.0. The van der Waals surface area contributed by atoms with Crippen LogP contribution in [0, 0.1) is 5.92 Å². The molecule has 0 aliphatic carbocycles. The lowest BCUT2D eigenvalue weighted by Crippen LogP contribution is -2.15. The van der Waals surface area contributed by atoms with Crippen LogP contribution < -0.4 is 4.74 Å². The molecule has 1 aromatic heterocycles. The van der Waals surface area contributed by atoms with Gasteiger partial charge in [0, 0.05) is 47.8 Å². The lowest BCUT2D eigenvalue weighted by Gasteiger charge is -2.20. The molecule has 0 fully saturated rings. The Labute approximate surface area is 243 Å². The number of fused-ring (bicyclic) bond motifs is 1. The molecule has 0 saturated carbocycles. The van der Waals surface area contributed by atoms with Crippen LogP contribution in [-0.2, 0) is 27.2 Å².